The Morgan fingerprint density at radius 1 is 1.53 bits per heavy atom. The van der Waals surface area contributed by atoms with Crippen LogP contribution in [-0.2, 0) is 11.2 Å². The van der Waals surface area contributed by atoms with Crippen LogP contribution in [0, 0.1) is 11.3 Å². The number of alkyl halides is 1. The number of carbonyl (C=O) groups excluding carboxylic acids is 1. The van der Waals surface area contributed by atoms with Gasteiger partial charge in [0.1, 0.15) is 6.07 Å². The van der Waals surface area contributed by atoms with Crippen LogP contribution in [0.15, 0.2) is 18.2 Å². The minimum Gasteiger partial charge on any atom is -0.462 e. The maximum absolute atomic E-state index is 11.7. The van der Waals surface area contributed by atoms with Crippen LogP contribution >= 0.6 is 15.9 Å². The summed E-state index contributed by atoms with van der Waals surface area (Å²) in [5.74, 6) is -0.426. The van der Waals surface area contributed by atoms with E-state index in [1.807, 2.05) is 12.1 Å². The lowest BCUT2D eigenvalue weighted by Gasteiger charge is -2.06. The summed E-state index contributed by atoms with van der Waals surface area (Å²) in [4.78, 5) is 11.7. The number of ether oxygens (including phenoxy) is 1. The number of rotatable bonds is 5. The first-order chi connectivity index (χ1) is 8.22. The normalized spacial score (nSPS) is 9.71. The molecule has 0 atom stereocenters. The molecule has 0 aliphatic carbocycles. The summed E-state index contributed by atoms with van der Waals surface area (Å²) in [6.07, 6.45) is 1.87. The molecular weight excluding hydrogens is 282 g/mol. The average molecular weight is 296 g/mol. The number of nitrogens with zero attached hydrogens (tertiary/aromatic N) is 1. The Balaban J connectivity index is 2.98. The first-order valence-electron chi connectivity index (χ1n) is 5.49. The predicted molar refractivity (Wildman–Crippen MR) is 69.2 cm³/mol. The molecule has 0 bridgehead atoms. The zero-order valence-electron chi connectivity index (χ0n) is 9.70. The maximum Gasteiger partial charge on any atom is 0.339 e. The Labute approximate surface area is 110 Å². The average Bonchev–Trinajstić information content (AvgIpc) is 2.36. The molecule has 1 rings (SSSR count). The highest BCUT2D eigenvalue weighted by atomic mass is 79.9. The molecule has 0 aromatic heterocycles. The van der Waals surface area contributed by atoms with E-state index in [-0.39, 0.29) is 0 Å². The number of benzene rings is 1. The minimum atomic E-state index is -0.426. The highest BCUT2D eigenvalue weighted by Crippen LogP contribution is 2.14. The third-order valence-electron chi connectivity index (χ3n) is 2.30. The molecule has 0 saturated heterocycles. The molecule has 0 spiro atoms. The lowest BCUT2D eigenvalue weighted by Crippen LogP contribution is -2.07. The second kappa shape index (κ2) is 7.08. The van der Waals surface area contributed by atoms with Gasteiger partial charge in [0.05, 0.1) is 17.7 Å². The van der Waals surface area contributed by atoms with Crippen LogP contribution in [0.4, 0.5) is 0 Å². The zero-order chi connectivity index (χ0) is 12.7. The summed E-state index contributed by atoms with van der Waals surface area (Å²) in [6.45, 7) is 2.06. The standard InChI is InChI=1S/C13H14BrNO2/c1-2-17-13(16)12-8-10(4-3-7-14)5-6-11(12)9-15/h5-6,8H,2-4,7H2,1H3. The van der Waals surface area contributed by atoms with Gasteiger partial charge in [0.2, 0.25) is 0 Å². The first kappa shape index (κ1) is 13.7. The van der Waals surface area contributed by atoms with Crippen molar-refractivity contribution in [2.24, 2.45) is 0 Å². The van der Waals surface area contributed by atoms with Crippen molar-refractivity contribution in [1.29, 1.82) is 5.26 Å². The van der Waals surface area contributed by atoms with Crippen molar-refractivity contribution in [3.05, 3.63) is 34.9 Å². The number of halogens is 1. The van der Waals surface area contributed by atoms with E-state index in [0.717, 1.165) is 23.7 Å². The lowest BCUT2D eigenvalue weighted by molar-refractivity contribution is 0.0526. The van der Waals surface area contributed by atoms with Crippen LogP contribution in [0.5, 0.6) is 0 Å². The molecular formula is C13H14BrNO2. The Kier molecular flexibility index (Phi) is 5.71. The van der Waals surface area contributed by atoms with Crippen molar-refractivity contribution in [2.45, 2.75) is 19.8 Å². The molecule has 0 unspecified atom stereocenters. The van der Waals surface area contributed by atoms with E-state index in [0.29, 0.717) is 17.7 Å². The van der Waals surface area contributed by atoms with Crippen LogP contribution in [-0.4, -0.2) is 17.9 Å². The number of carbonyl (C=O) groups is 1. The van der Waals surface area contributed by atoms with E-state index in [1.54, 1.807) is 19.1 Å². The molecule has 1 aromatic rings. The molecule has 0 saturated carbocycles. The van der Waals surface area contributed by atoms with Gasteiger partial charge in [-0.1, -0.05) is 22.0 Å². The van der Waals surface area contributed by atoms with Crippen molar-refractivity contribution in [3.63, 3.8) is 0 Å². The summed E-state index contributed by atoms with van der Waals surface area (Å²) in [5.41, 5.74) is 1.78. The minimum absolute atomic E-state index is 0.315. The molecule has 17 heavy (non-hydrogen) atoms. The molecule has 1 aromatic carbocycles. The highest BCUT2D eigenvalue weighted by molar-refractivity contribution is 9.09. The van der Waals surface area contributed by atoms with E-state index in [9.17, 15) is 4.79 Å². The topological polar surface area (TPSA) is 50.1 Å². The first-order valence-corrected chi connectivity index (χ1v) is 6.61. The van der Waals surface area contributed by atoms with Crippen LogP contribution in [0.2, 0.25) is 0 Å². The van der Waals surface area contributed by atoms with Crippen LogP contribution in [0.1, 0.15) is 34.8 Å². The molecule has 4 heteroatoms. The van der Waals surface area contributed by atoms with E-state index in [1.165, 1.54) is 0 Å². The molecule has 0 amide bonds. The van der Waals surface area contributed by atoms with Gasteiger partial charge < -0.3 is 4.74 Å². The van der Waals surface area contributed by atoms with Crippen LogP contribution < -0.4 is 0 Å². The van der Waals surface area contributed by atoms with Crippen molar-refractivity contribution < 1.29 is 9.53 Å². The van der Waals surface area contributed by atoms with Gasteiger partial charge in [-0.2, -0.15) is 5.26 Å². The Morgan fingerprint density at radius 3 is 2.88 bits per heavy atom. The molecule has 0 aliphatic rings. The summed E-state index contributed by atoms with van der Waals surface area (Å²) in [7, 11) is 0. The number of hydrogen-bond donors (Lipinski definition) is 0. The predicted octanol–water partition coefficient (Wildman–Crippen LogP) is 3.06. The summed E-state index contributed by atoms with van der Waals surface area (Å²) in [5, 5.41) is 9.86. The van der Waals surface area contributed by atoms with Gasteiger partial charge >= 0.3 is 5.97 Å². The van der Waals surface area contributed by atoms with E-state index in [2.05, 4.69) is 15.9 Å². The fraction of sp³-hybridized carbons (Fsp3) is 0.385. The van der Waals surface area contributed by atoms with Gasteiger partial charge in [-0.05, 0) is 37.5 Å². The van der Waals surface area contributed by atoms with Gasteiger partial charge in [0, 0.05) is 5.33 Å². The molecule has 0 heterocycles. The van der Waals surface area contributed by atoms with Crippen molar-refractivity contribution >= 4 is 21.9 Å². The summed E-state index contributed by atoms with van der Waals surface area (Å²) >= 11 is 3.36. The van der Waals surface area contributed by atoms with Crippen molar-refractivity contribution in [2.75, 3.05) is 11.9 Å². The van der Waals surface area contributed by atoms with E-state index >= 15 is 0 Å². The lowest BCUT2D eigenvalue weighted by atomic mass is 10.0. The third-order valence-corrected chi connectivity index (χ3v) is 2.86. The SMILES string of the molecule is CCOC(=O)c1cc(CCCBr)ccc1C#N. The van der Waals surface area contributed by atoms with Gasteiger partial charge in [0.15, 0.2) is 0 Å². The van der Waals surface area contributed by atoms with Gasteiger partial charge in [-0.3, -0.25) is 0 Å². The van der Waals surface area contributed by atoms with Crippen LogP contribution in [0.25, 0.3) is 0 Å². The van der Waals surface area contributed by atoms with Crippen molar-refractivity contribution in [3.8, 4) is 6.07 Å². The van der Waals surface area contributed by atoms with E-state index in [4.69, 9.17) is 10.00 Å². The van der Waals surface area contributed by atoms with Gasteiger partial charge in [-0.25, -0.2) is 4.79 Å². The molecule has 0 N–H and O–H groups in total. The van der Waals surface area contributed by atoms with Crippen molar-refractivity contribution in [1.82, 2.24) is 0 Å². The molecule has 3 nitrogen and oxygen atoms in total. The molecule has 0 aliphatic heterocycles. The zero-order valence-corrected chi connectivity index (χ0v) is 11.3. The maximum atomic E-state index is 11.7. The smallest absolute Gasteiger partial charge is 0.339 e. The summed E-state index contributed by atoms with van der Waals surface area (Å²) < 4.78 is 4.93. The molecule has 0 radical (unpaired) electrons. The van der Waals surface area contributed by atoms with E-state index < -0.39 is 5.97 Å². The fourth-order valence-electron chi connectivity index (χ4n) is 1.49. The number of esters is 1. The quantitative estimate of drug-likeness (QED) is 0.620. The largest absolute Gasteiger partial charge is 0.462 e. The molecule has 90 valence electrons. The number of aryl methyl sites for hydroxylation is 1. The monoisotopic (exact) mass is 295 g/mol. The fourth-order valence-corrected chi connectivity index (χ4v) is 1.77. The van der Waals surface area contributed by atoms with Gasteiger partial charge in [0.25, 0.3) is 0 Å². The number of hydrogen-bond acceptors (Lipinski definition) is 3. The Hall–Kier alpha value is -1.34. The van der Waals surface area contributed by atoms with Crippen LogP contribution in [0.3, 0.4) is 0 Å². The summed E-state index contributed by atoms with van der Waals surface area (Å²) in [6, 6.07) is 7.31. The number of nitriles is 1. The third kappa shape index (κ3) is 3.86. The molecule has 0 fully saturated rings. The van der Waals surface area contributed by atoms with Gasteiger partial charge in [-0.15, -0.1) is 0 Å². The highest BCUT2D eigenvalue weighted by Gasteiger charge is 2.12. The Bertz CT molecular complexity index is 438. The second-order valence-electron chi connectivity index (χ2n) is 3.50. The second-order valence-corrected chi connectivity index (χ2v) is 4.30. The Morgan fingerprint density at radius 2 is 2.29 bits per heavy atom.